The highest BCUT2D eigenvalue weighted by atomic mass is 14.7. The van der Waals surface area contributed by atoms with Crippen LogP contribution in [0.15, 0.2) is 4.99 Å². The summed E-state index contributed by atoms with van der Waals surface area (Å²) in [4.78, 5) is 4.68. The monoisotopic (exact) mass is 351 g/mol. The van der Waals surface area contributed by atoms with E-state index in [9.17, 15) is 0 Å². The van der Waals surface area contributed by atoms with Crippen molar-refractivity contribution in [1.82, 2.24) is 0 Å². The minimum atomic E-state index is 0.745. The zero-order chi connectivity index (χ0) is 18.6. The van der Waals surface area contributed by atoms with Crippen molar-refractivity contribution in [3.63, 3.8) is 0 Å². The predicted octanol–water partition coefficient (Wildman–Crippen LogP) is 8.75. The van der Waals surface area contributed by atoms with Crippen molar-refractivity contribution in [3.05, 3.63) is 0 Å². The average molecular weight is 352 g/mol. The summed E-state index contributed by atoms with van der Waals surface area (Å²) in [6.07, 6.45) is 24.1. The zero-order valence-corrected chi connectivity index (χ0v) is 18.3. The standard InChI is InChI=1S/C24H49N/c1-5-6-7-8-9-10-11-12-13-14-15-16-17-18-19-20-21-25-24(4)22-23(2)3/h23H,5-22H2,1-4H3. The molecule has 0 fully saturated rings. The van der Waals surface area contributed by atoms with Gasteiger partial charge in [-0.05, 0) is 25.7 Å². The first-order chi connectivity index (χ1) is 12.2. The summed E-state index contributed by atoms with van der Waals surface area (Å²) in [5, 5.41) is 0. The highest BCUT2D eigenvalue weighted by molar-refractivity contribution is 5.81. The number of nitrogens with zero attached hydrogens (tertiary/aromatic N) is 1. The summed E-state index contributed by atoms with van der Waals surface area (Å²) in [6, 6.07) is 0. The van der Waals surface area contributed by atoms with E-state index in [1.165, 1.54) is 115 Å². The molecular weight excluding hydrogens is 302 g/mol. The number of aliphatic imine (C=N–C) groups is 1. The SMILES string of the molecule is CCCCCCCCCCCCCCCCCCN=C(C)CC(C)C. The first kappa shape index (κ1) is 24.7. The van der Waals surface area contributed by atoms with Gasteiger partial charge in [0.1, 0.15) is 0 Å². The molecule has 0 aromatic carbocycles. The third-order valence-corrected chi connectivity index (χ3v) is 5.10. The Hall–Kier alpha value is -0.330. The summed E-state index contributed by atoms with van der Waals surface area (Å²) in [5.41, 5.74) is 1.34. The van der Waals surface area contributed by atoms with Crippen LogP contribution in [0, 0.1) is 5.92 Å². The second-order valence-electron chi connectivity index (χ2n) is 8.52. The quantitative estimate of drug-likeness (QED) is 0.163. The van der Waals surface area contributed by atoms with Crippen molar-refractivity contribution < 1.29 is 0 Å². The lowest BCUT2D eigenvalue weighted by atomic mass is 10.0. The Bertz CT molecular complexity index is 280. The Labute approximate surface area is 160 Å². The van der Waals surface area contributed by atoms with E-state index in [1.807, 2.05) is 0 Å². The molecule has 0 unspecified atom stereocenters. The Morgan fingerprint density at radius 1 is 0.600 bits per heavy atom. The fourth-order valence-electron chi connectivity index (χ4n) is 3.59. The molecule has 1 heteroatoms. The van der Waals surface area contributed by atoms with Gasteiger partial charge in [-0.2, -0.15) is 0 Å². The molecule has 0 aliphatic carbocycles. The van der Waals surface area contributed by atoms with Crippen molar-refractivity contribution in [2.75, 3.05) is 6.54 Å². The first-order valence-electron chi connectivity index (χ1n) is 11.7. The summed E-state index contributed by atoms with van der Waals surface area (Å²) >= 11 is 0. The van der Waals surface area contributed by atoms with Gasteiger partial charge in [0, 0.05) is 12.3 Å². The molecule has 0 saturated carbocycles. The number of unbranched alkanes of at least 4 members (excludes halogenated alkanes) is 15. The van der Waals surface area contributed by atoms with Gasteiger partial charge < -0.3 is 0 Å². The Kier molecular flexibility index (Phi) is 19.7. The van der Waals surface area contributed by atoms with Gasteiger partial charge in [0.15, 0.2) is 0 Å². The largest absolute Gasteiger partial charge is 0.294 e. The third kappa shape index (κ3) is 21.6. The van der Waals surface area contributed by atoms with E-state index in [1.54, 1.807) is 0 Å². The van der Waals surface area contributed by atoms with E-state index in [2.05, 4.69) is 32.7 Å². The molecule has 0 aromatic rings. The molecule has 0 rings (SSSR count). The molecule has 0 aliphatic rings. The highest BCUT2D eigenvalue weighted by Gasteiger charge is 1.97. The minimum Gasteiger partial charge on any atom is -0.294 e. The van der Waals surface area contributed by atoms with Crippen LogP contribution in [0.4, 0.5) is 0 Å². The molecule has 0 aromatic heterocycles. The van der Waals surface area contributed by atoms with Crippen molar-refractivity contribution >= 4 is 5.71 Å². The first-order valence-corrected chi connectivity index (χ1v) is 11.7. The Morgan fingerprint density at radius 2 is 0.960 bits per heavy atom. The van der Waals surface area contributed by atoms with Gasteiger partial charge >= 0.3 is 0 Å². The lowest BCUT2D eigenvalue weighted by molar-refractivity contribution is 0.530. The van der Waals surface area contributed by atoms with Gasteiger partial charge in [-0.3, -0.25) is 4.99 Å². The Balaban J connectivity index is 3.12. The van der Waals surface area contributed by atoms with Crippen LogP contribution < -0.4 is 0 Å². The van der Waals surface area contributed by atoms with E-state index in [0.29, 0.717) is 0 Å². The lowest BCUT2D eigenvalue weighted by Crippen LogP contribution is -1.99. The van der Waals surface area contributed by atoms with Gasteiger partial charge in [-0.1, -0.05) is 117 Å². The van der Waals surface area contributed by atoms with Crippen molar-refractivity contribution in [2.24, 2.45) is 10.9 Å². The summed E-state index contributed by atoms with van der Waals surface area (Å²) in [5.74, 6) is 0.745. The smallest absolute Gasteiger partial charge is 0.0388 e. The molecule has 0 bridgehead atoms. The second-order valence-corrected chi connectivity index (χ2v) is 8.52. The van der Waals surface area contributed by atoms with E-state index < -0.39 is 0 Å². The van der Waals surface area contributed by atoms with Gasteiger partial charge in [-0.15, -0.1) is 0 Å². The van der Waals surface area contributed by atoms with Crippen LogP contribution in [0.2, 0.25) is 0 Å². The number of hydrogen-bond donors (Lipinski definition) is 0. The number of rotatable bonds is 19. The van der Waals surface area contributed by atoms with Crippen LogP contribution in [0.5, 0.6) is 0 Å². The summed E-state index contributed by atoms with van der Waals surface area (Å²) in [6.45, 7) is 10.1. The molecule has 0 aliphatic heterocycles. The van der Waals surface area contributed by atoms with Crippen LogP contribution >= 0.6 is 0 Å². The van der Waals surface area contributed by atoms with Crippen molar-refractivity contribution in [1.29, 1.82) is 0 Å². The van der Waals surface area contributed by atoms with E-state index in [-0.39, 0.29) is 0 Å². The molecule has 0 radical (unpaired) electrons. The molecule has 25 heavy (non-hydrogen) atoms. The second kappa shape index (κ2) is 20.0. The molecule has 0 saturated heterocycles. The van der Waals surface area contributed by atoms with Gasteiger partial charge in [0.25, 0.3) is 0 Å². The van der Waals surface area contributed by atoms with E-state index >= 15 is 0 Å². The van der Waals surface area contributed by atoms with Crippen LogP contribution in [0.3, 0.4) is 0 Å². The average Bonchev–Trinajstić information content (AvgIpc) is 2.57. The maximum absolute atomic E-state index is 4.68. The molecule has 0 heterocycles. The van der Waals surface area contributed by atoms with Crippen LogP contribution in [-0.4, -0.2) is 12.3 Å². The molecule has 0 N–H and O–H groups in total. The molecule has 0 spiro atoms. The fourth-order valence-corrected chi connectivity index (χ4v) is 3.59. The summed E-state index contributed by atoms with van der Waals surface area (Å²) in [7, 11) is 0. The van der Waals surface area contributed by atoms with Crippen LogP contribution in [0.1, 0.15) is 137 Å². The van der Waals surface area contributed by atoms with Crippen LogP contribution in [-0.2, 0) is 0 Å². The fraction of sp³-hybridized carbons (Fsp3) is 0.958. The molecule has 1 nitrogen and oxygen atoms in total. The third-order valence-electron chi connectivity index (χ3n) is 5.10. The maximum atomic E-state index is 4.68. The number of hydrogen-bond acceptors (Lipinski definition) is 1. The van der Waals surface area contributed by atoms with Gasteiger partial charge in [0.2, 0.25) is 0 Å². The molecular formula is C24H49N. The molecule has 0 atom stereocenters. The zero-order valence-electron chi connectivity index (χ0n) is 18.3. The minimum absolute atomic E-state index is 0.745. The van der Waals surface area contributed by atoms with Gasteiger partial charge in [-0.25, -0.2) is 0 Å². The lowest BCUT2D eigenvalue weighted by Gasteiger charge is -2.04. The predicted molar refractivity (Wildman–Crippen MR) is 117 cm³/mol. The van der Waals surface area contributed by atoms with Crippen molar-refractivity contribution in [3.8, 4) is 0 Å². The van der Waals surface area contributed by atoms with Gasteiger partial charge in [0.05, 0.1) is 0 Å². The summed E-state index contributed by atoms with van der Waals surface area (Å²) < 4.78 is 0. The Morgan fingerprint density at radius 3 is 1.32 bits per heavy atom. The molecule has 0 amide bonds. The van der Waals surface area contributed by atoms with E-state index in [4.69, 9.17) is 0 Å². The molecule has 150 valence electrons. The van der Waals surface area contributed by atoms with Crippen LogP contribution in [0.25, 0.3) is 0 Å². The van der Waals surface area contributed by atoms with Crippen molar-refractivity contribution in [2.45, 2.75) is 137 Å². The maximum Gasteiger partial charge on any atom is 0.0388 e. The highest BCUT2D eigenvalue weighted by Crippen LogP contribution is 2.13. The topological polar surface area (TPSA) is 12.4 Å². The van der Waals surface area contributed by atoms with E-state index in [0.717, 1.165) is 12.5 Å². The normalized spacial score (nSPS) is 12.3.